The monoisotopic (exact) mass is 350 g/mol. The van der Waals surface area contributed by atoms with E-state index in [1.807, 2.05) is 54.6 Å². The molecule has 0 amide bonds. The van der Waals surface area contributed by atoms with E-state index < -0.39 is 0 Å². The molecule has 0 unspecified atom stereocenters. The Kier molecular flexibility index (Phi) is 4.31. The summed E-state index contributed by atoms with van der Waals surface area (Å²) in [6.45, 7) is 0.511. The Balaban J connectivity index is 1.56. The lowest BCUT2D eigenvalue weighted by atomic mass is 10.2. The topological polar surface area (TPSA) is 52.3 Å². The maximum atomic E-state index is 6.09. The predicted molar refractivity (Wildman–Crippen MR) is 96.9 cm³/mol. The summed E-state index contributed by atoms with van der Waals surface area (Å²) < 4.78 is 7.54. The molecule has 3 aromatic heterocycles. The molecule has 4 aromatic rings. The normalized spacial score (nSPS) is 10.9. The second-order valence-electron chi connectivity index (χ2n) is 5.51. The number of nitrogens with zero attached hydrogens (tertiary/aromatic N) is 4. The molecule has 0 aliphatic carbocycles. The minimum absolute atomic E-state index is 0.511. The predicted octanol–water partition coefficient (Wildman–Crippen LogP) is 4.07. The van der Waals surface area contributed by atoms with Crippen LogP contribution in [0.3, 0.4) is 0 Å². The molecule has 25 heavy (non-hydrogen) atoms. The second kappa shape index (κ2) is 6.91. The lowest BCUT2D eigenvalue weighted by Crippen LogP contribution is -2.05. The minimum Gasteiger partial charge on any atom is -0.476 e. The standard InChI is InChI=1S/C19H15ClN4O/c20-15-5-3-4-14(12-15)17-13-22-18-7-8-19(23-24(17)18)25-11-9-16-6-1-2-10-21-16/h1-8,10,12-13H,9,11H2. The van der Waals surface area contributed by atoms with Crippen molar-refractivity contribution in [2.24, 2.45) is 0 Å². The molecule has 0 spiro atoms. The molecule has 0 atom stereocenters. The lowest BCUT2D eigenvalue weighted by molar-refractivity contribution is 0.303. The highest BCUT2D eigenvalue weighted by atomic mass is 35.5. The first kappa shape index (κ1) is 15.6. The largest absolute Gasteiger partial charge is 0.476 e. The van der Waals surface area contributed by atoms with E-state index in [0.29, 0.717) is 17.5 Å². The SMILES string of the molecule is Clc1cccc(-c2cnc3ccc(OCCc4ccccn4)nn23)c1. The third kappa shape index (κ3) is 3.46. The van der Waals surface area contributed by atoms with E-state index in [1.165, 1.54) is 0 Å². The summed E-state index contributed by atoms with van der Waals surface area (Å²) in [4.78, 5) is 8.67. The van der Waals surface area contributed by atoms with Crippen LogP contribution in [-0.2, 0) is 6.42 Å². The zero-order chi connectivity index (χ0) is 17.1. The molecule has 6 heteroatoms. The third-order valence-corrected chi connectivity index (χ3v) is 4.03. The van der Waals surface area contributed by atoms with Crippen LogP contribution in [0.25, 0.3) is 16.9 Å². The van der Waals surface area contributed by atoms with Crippen molar-refractivity contribution in [1.29, 1.82) is 0 Å². The number of aromatic nitrogens is 4. The van der Waals surface area contributed by atoms with Crippen molar-refractivity contribution >= 4 is 17.2 Å². The molecule has 3 heterocycles. The smallest absolute Gasteiger partial charge is 0.231 e. The number of pyridine rings is 1. The van der Waals surface area contributed by atoms with Crippen molar-refractivity contribution in [2.45, 2.75) is 6.42 Å². The summed E-state index contributed by atoms with van der Waals surface area (Å²) in [7, 11) is 0. The summed E-state index contributed by atoms with van der Waals surface area (Å²) in [6.07, 6.45) is 4.29. The van der Waals surface area contributed by atoms with Gasteiger partial charge in [-0.25, -0.2) is 9.50 Å². The lowest BCUT2D eigenvalue weighted by Gasteiger charge is -2.07. The molecule has 0 bridgehead atoms. The van der Waals surface area contributed by atoms with Crippen LogP contribution in [0.1, 0.15) is 5.69 Å². The summed E-state index contributed by atoms with van der Waals surface area (Å²) in [5, 5.41) is 5.22. The van der Waals surface area contributed by atoms with Gasteiger partial charge in [-0.1, -0.05) is 29.8 Å². The van der Waals surface area contributed by atoms with Gasteiger partial charge in [0, 0.05) is 35.0 Å². The number of ether oxygens (including phenoxy) is 1. The van der Waals surface area contributed by atoms with E-state index in [4.69, 9.17) is 16.3 Å². The Labute approximate surface area is 149 Å². The van der Waals surface area contributed by atoms with Crippen molar-refractivity contribution in [1.82, 2.24) is 19.6 Å². The van der Waals surface area contributed by atoms with Gasteiger partial charge in [0.2, 0.25) is 5.88 Å². The first-order chi connectivity index (χ1) is 12.3. The summed E-state index contributed by atoms with van der Waals surface area (Å²) >= 11 is 6.09. The average Bonchev–Trinajstić information content (AvgIpc) is 3.06. The molecule has 0 saturated heterocycles. The van der Waals surface area contributed by atoms with Gasteiger partial charge in [0.1, 0.15) is 0 Å². The molecule has 4 rings (SSSR count). The Morgan fingerprint density at radius 1 is 1.00 bits per heavy atom. The van der Waals surface area contributed by atoms with Crippen LogP contribution in [0.4, 0.5) is 0 Å². The average molecular weight is 351 g/mol. The summed E-state index contributed by atoms with van der Waals surface area (Å²) in [5.41, 5.74) is 3.57. The highest BCUT2D eigenvalue weighted by Crippen LogP contribution is 2.24. The van der Waals surface area contributed by atoms with Gasteiger partial charge in [-0.2, -0.15) is 0 Å². The van der Waals surface area contributed by atoms with Crippen LogP contribution in [0.5, 0.6) is 5.88 Å². The fourth-order valence-corrected chi connectivity index (χ4v) is 2.77. The summed E-state index contributed by atoms with van der Waals surface area (Å²) in [6, 6.07) is 17.2. The van der Waals surface area contributed by atoms with Crippen LogP contribution < -0.4 is 4.74 Å². The van der Waals surface area contributed by atoms with Crippen molar-refractivity contribution in [3.63, 3.8) is 0 Å². The molecule has 0 fully saturated rings. The van der Waals surface area contributed by atoms with Crippen molar-refractivity contribution in [2.75, 3.05) is 6.61 Å². The fourth-order valence-electron chi connectivity index (χ4n) is 2.58. The third-order valence-electron chi connectivity index (χ3n) is 3.79. The Morgan fingerprint density at radius 3 is 2.80 bits per heavy atom. The maximum Gasteiger partial charge on any atom is 0.231 e. The highest BCUT2D eigenvalue weighted by Gasteiger charge is 2.09. The van der Waals surface area contributed by atoms with Crippen LogP contribution in [-0.4, -0.2) is 26.2 Å². The fraction of sp³-hybridized carbons (Fsp3) is 0.105. The molecule has 5 nitrogen and oxygen atoms in total. The van der Waals surface area contributed by atoms with Gasteiger partial charge >= 0.3 is 0 Å². The molecule has 0 saturated carbocycles. The molecule has 0 radical (unpaired) electrons. The van der Waals surface area contributed by atoms with Gasteiger partial charge in [-0.15, -0.1) is 5.10 Å². The first-order valence-corrected chi connectivity index (χ1v) is 8.31. The Hall–Kier alpha value is -2.92. The number of benzene rings is 1. The molecule has 0 aliphatic heterocycles. The zero-order valence-corrected chi connectivity index (χ0v) is 14.1. The van der Waals surface area contributed by atoms with Crippen LogP contribution in [0.2, 0.25) is 5.02 Å². The van der Waals surface area contributed by atoms with E-state index in [0.717, 1.165) is 29.0 Å². The van der Waals surface area contributed by atoms with Crippen molar-refractivity contribution < 1.29 is 4.74 Å². The molecule has 124 valence electrons. The number of hydrogen-bond acceptors (Lipinski definition) is 4. The first-order valence-electron chi connectivity index (χ1n) is 7.93. The van der Waals surface area contributed by atoms with Gasteiger partial charge in [-0.05, 0) is 30.3 Å². The van der Waals surface area contributed by atoms with Gasteiger partial charge < -0.3 is 4.74 Å². The van der Waals surface area contributed by atoms with E-state index in [1.54, 1.807) is 16.9 Å². The zero-order valence-electron chi connectivity index (χ0n) is 13.3. The number of halogens is 1. The quantitative estimate of drug-likeness (QED) is 0.544. The van der Waals surface area contributed by atoms with Crippen LogP contribution in [0, 0.1) is 0 Å². The van der Waals surface area contributed by atoms with E-state index in [2.05, 4.69) is 15.1 Å². The Morgan fingerprint density at radius 2 is 1.96 bits per heavy atom. The van der Waals surface area contributed by atoms with Crippen LogP contribution >= 0.6 is 11.6 Å². The van der Waals surface area contributed by atoms with Gasteiger partial charge in [0.15, 0.2) is 5.65 Å². The highest BCUT2D eigenvalue weighted by molar-refractivity contribution is 6.30. The number of fused-ring (bicyclic) bond motifs is 1. The van der Waals surface area contributed by atoms with Gasteiger partial charge in [0.25, 0.3) is 0 Å². The molecule has 1 aromatic carbocycles. The van der Waals surface area contributed by atoms with Gasteiger partial charge in [-0.3, -0.25) is 4.98 Å². The molecular formula is C19H15ClN4O. The van der Waals surface area contributed by atoms with E-state index >= 15 is 0 Å². The van der Waals surface area contributed by atoms with Crippen molar-refractivity contribution in [3.8, 4) is 17.1 Å². The number of rotatable bonds is 5. The van der Waals surface area contributed by atoms with E-state index in [-0.39, 0.29) is 0 Å². The Bertz CT molecular complexity index is 1000. The minimum atomic E-state index is 0.511. The van der Waals surface area contributed by atoms with Crippen molar-refractivity contribution in [3.05, 3.63) is 77.7 Å². The summed E-state index contributed by atoms with van der Waals surface area (Å²) in [5.74, 6) is 0.546. The number of hydrogen-bond donors (Lipinski definition) is 0. The number of imidazole rings is 1. The molecule has 0 aliphatic rings. The second-order valence-corrected chi connectivity index (χ2v) is 5.95. The molecular weight excluding hydrogens is 336 g/mol. The van der Waals surface area contributed by atoms with Gasteiger partial charge in [0.05, 0.1) is 18.5 Å². The van der Waals surface area contributed by atoms with Crippen LogP contribution in [0.15, 0.2) is 67.0 Å². The maximum absolute atomic E-state index is 6.09. The molecule has 0 N–H and O–H groups in total. The van der Waals surface area contributed by atoms with E-state index in [9.17, 15) is 0 Å².